The summed E-state index contributed by atoms with van der Waals surface area (Å²) in [6.07, 6.45) is 1.48. The lowest BCUT2D eigenvalue weighted by Gasteiger charge is -2.05. The lowest BCUT2D eigenvalue weighted by Crippen LogP contribution is -2.12. The number of halogens is 2. The molecule has 0 spiro atoms. The highest BCUT2D eigenvalue weighted by molar-refractivity contribution is 9.10. The predicted octanol–water partition coefficient (Wildman–Crippen LogP) is 3.77. The quantitative estimate of drug-likeness (QED) is 0.482. The van der Waals surface area contributed by atoms with E-state index in [9.17, 15) is 14.9 Å². The van der Waals surface area contributed by atoms with Gasteiger partial charge in [0.25, 0.3) is 11.6 Å². The van der Waals surface area contributed by atoms with E-state index in [1.807, 2.05) is 0 Å². The zero-order chi connectivity index (χ0) is 14.7. The fraction of sp³-hybridized carbons (Fsp3) is 0. The van der Waals surface area contributed by atoms with Crippen LogP contribution in [0.1, 0.15) is 10.4 Å². The number of carbonyl (C=O) groups is 1. The summed E-state index contributed by atoms with van der Waals surface area (Å²) in [5.41, 5.74) is 0.540. The molecule has 8 heteroatoms. The molecule has 1 heterocycles. The Morgan fingerprint density at radius 1 is 1.25 bits per heavy atom. The number of rotatable bonds is 3. The molecule has 1 aromatic carbocycles. The van der Waals surface area contributed by atoms with Gasteiger partial charge in [0.15, 0.2) is 0 Å². The molecule has 2 rings (SSSR count). The Bertz CT molecular complexity index is 674. The Morgan fingerprint density at radius 3 is 2.60 bits per heavy atom. The van der Waals surface area contributed by atoms with Crippen LogP contribution in [0, 0.1) is 10.1 Å². The van der Waals surface area contributed by atoms with Gasteiger partial charge in [-0.1, -0.05) is 0 Å². The van der Waals surface area contributed by atoms with Crippen LogP contribution < -0.4 is 5.32 Å². The maximum atomic E-state index is 12.0. The molecule has 0 unspecified atom stereocenters. The monoisotopic (exact) mass is 399 g/mol. The van der Waals surface area contributed by atoms with Crippen molar-refractivity contribution in [2.45, 2.75) is 0 Å². The van der Waals surface area contributed by atoms with Gasteiger partial charge in [-0.25, -0.2) is 4.98 Å². The number of hydrogen-bond donors (Lipinski definition) is 1. The molecule has 2 aromatic rings. The fourth-order valence-electron chi connectivity index (χ4n) is 1.45. The Kier molecular flexibility index (Phi) is 4.46. The number of nitro benzene ring substituents is 1. The second kappa shape index (κ2) is 6.10. The van der Waals surface area contributed by atoms with Crippen molar-refractivity contribution < 1.29 is 9.72 Å². The van der Waals surface area contributed by atoms with E-state index in [4.69, 9.17) is 0 Å². The van der Waals surface area contributed by atoms with E-state index < -0.39 is 10.8 Å². The maximum absolute atomic E-state index is 12.0. The van der Waals surface area contributed by atoms with Crippen molar-refractivity contribution in [2.75, 3.05) is 5.32 Å². The minimum absolute atomic E-state index is 0.161. The Balaban J connectivity index is 2.23. The minimum atomic E-state index is -0.554. The highest BCUT2D eigenvalue weighted by atomic mass is 79.9. The van der Waals surface area contributed by atoms with Crippen molar-refractivity contribution in [3.05, 3.63) is 61.3 Å². The number of pyridine rings is 1. The first kappa shape index (κ1) is 14.6. The van der Waals surface area contributed by atoms with Gasteiger partial charge in [0, 0.05) is 11.6 Å². The highest BCUT2D eigenvalue weighted by Crippen LogP contribution is 2.26. The number of anilines is 1. The Hall–Kier alpha value is -1.80. The molecule has 1 N–H and O–H groups in total. The number of carbonyl (C=O) groups excluding carboxylic acids is 1. The highest BCUT2D eigenvalue weighted by Gasteiger charge is 2.16. The van der Waals surface area contributed by atoms with Crippen molar-refractivity contribution in [1.82, 2.24) is 4.98 Å². The van der Waals surface area contributed by atoms with Gasteiger partial charge in [-0.15, -0.1) is 0 Å². The summed E-state index contributed by atoms with van der Waals surface area (Å²) in [5.74, 6) is -0.440. The van der Waals surface area contributed by atoms with Gasteiger partial charge >= 0.3 is 0 Å². The first-order valence-electron chi connectivity index (χ1n) is 5.34. The number of nitrogens with one attached hydrogen (secondary N) is 1. The van der Waals surface area contributed by atoms with Gasteiger partial charge in [0.2, 0.25) is 0 Å². The van der Waals surface area contributed by atoms with Crippen LogP contribution in [0.3, 0.4) is 0 Å². The lowest BCUT2D eigenvalue weighted by molar-refractivity contribution is -0.385. The number of nitrogens with zero attached hydrogens (tertiary/aromatic N) is 2. The average Bonchev–Trinajstić information content (AvgIpc) is 2.41. The van der Waals surface area contributed by atoms with Crippen molar-refractivity contribution >= 4 is 49.1 Å². The van der Waals surface area contributed by atoms with Crippen molar-refractivity contribution in [3.8, 4) is 0 Å². The molecule has 0 radical (unpaired) electrons. The molecule has 6 nitrogen and oxygen atoms in total. The third kappa shape index (κ3) is 3.40. The second-order valence-electron chi connectivity index (χ2n) is 3.75. The van der Waals surface area contributed by atoms with Gasteiger partial charge in [0.1, 0.15) is 4.60 Å². The van der Waals surface area contributed by atoms with Crippen LogP contribution >= 0.6 is 31.9 Å². The normalized spacial score (nSPS) is 10.1. The SMILES string of the molecule is O=C(Nc1ccc(Br)nc1)c1ccc(Br)c([N+](=O)[O-])c1. The maximum Gasteiger partial charge on any atom is 0.284 e. The predicted molar refractivity (Wildman–Crippen MR) is 80.7 cm³/mol. The molecule has 0 aliphatic rings. The van der Waals surface area contributed by atoms with E-state index in [2.05, 4.69) is 42.2 Å². The van der Waals surface area contributed by atoms with E-state index in [0.29, 0.717) is 14.8 Å². The van der Waals surface area contributed by atoms with Crippen LogP contribution in [-0.4, -0.2) is 15.8 Å². The first-order chi connectivity index (χ1) is 9.47. The van der Waals surface area contributed by atoms with Crippen LogP contribution in [0.25, 0.3) is 0 Å². The molecule has 0 saturated carbocycles. The van der Waals surface area contributed by atoms with Crippen LogP contribution in [0.2, 0.25) is 0 Å². The van der Waals surface area contributed by atoms with Gasteiger partial charge in [0.05, 0.1) is 21.3 Å². The summed E-state index contributed by atoms with van der Waals surface area (Å²) in [5, 5.41) is 13.4. The van der Waals surface area contributed by atoms with Crippen molar-refractivity contribution in [1.29, 1.82) is 0 Å². The molecule has 0 aliphatic carbocycles. The molecular formula is C12H7Br2N3O3. The van der Waals surface area contributed by atoms with Crippen LogP contribution in [0.15, 0.2) is 45.6 Å². The van der Waals surface area contributed by atoms with Crippen LogP contribution in [0.5, 0.6) is 0 Å². The minimum Gasteiger partial charge on any atom is -0.321 e. The molecule has 102 valence electrons. The summed E-state index contributed by atoms with van der Waals surface area (Å²) >= 11 is 6.25. The molecule has 0 fully saturated rings. The lowest BCUT2D eigenvalue weighted by atomic mass is 10.2. The van der Waals surface area contributed by atoms with Crippen LogP contribution in [-0.2, 0) is 0 Å². The third-order valence-corrected chi connectivity index (χ3v) is 3.53. The molecule has 0 saturated heterocycles. The van der Waals surface area contributed by atoms with E-state index in [1.54, 1.807) is 12.1 Å². The van der Waals surface area contributed by atoms with Crippen molar-refractivity contribution in [2.24, 2.45) is 0 Å². The van der Waals surface area contributed by atoms with Crippen molar-refractivity contribution in [3.63, 3.8) is 0 Å². The smallest absolute Gasteiger partial charge is 0.284 e. The molecule has 0 aliphatic heterocycles. The van der Waals surface area contributed by atoms with E-state index in [1.165, 1.54) is 24.4 Å². The zero-order valence-corrected chi connectivity index (χ0v) is 13.0. The third-order valence-electron chi connectivity index (χ3n) is 2.39. The molecule has 1 amide bonds. The first-order valence-corrected chi connectivity index (χ1v) is 6.93. The number of aromatic nitrogens is 1. The largest absolute Gasteiger partial charge is 0.321 e. The second-order valence-corrected chi connectivity index (χ2v) is 5.41. The topological polar surface area (TPSA) is 85.1 Å². The summed E-state index contributed by atoms with van der Waals surface area (Å²) in [6, 6.07) is 7.53. The van der Waals surface area contributed by atoms with Gasteiger partial charge in [-0.2, -0.15) is 0 Å². The standard InChI is InChI=1S/C12H7Br2N3O3/c13-9-3-1-7(5-10(9)17(19)20)12(18)16-8-2-4-11(14)15-6-8/h1-6H,(H,16,18). The summed E-state index contributed by atoms with van der Waals surface area (Å²) in [7, 11) is 0. The molecule has 20 heavy (non-hydrogen) atoms. The number of hydrogen-bond acceptors (Lipinski definition) is 4. The zero-order valence-electron chi connectivity index (χ0n) is 9.84. The number of amides is 1. The molecule has 1 aromatic heterocycles. The Labute approximate surface area is 130 Å². The van der Waals surface area contributed by atoms with Gasteiger partial charge < -0.3 is 5.32 Å². The average molecular weight is 401 g/mol. The molecular weight excluding hydrogens is 394 g/mol. The van der Waals surface area contributed by atoms with E-state index >= 15 is 0 Å². The number of nitro groups is 1. The fourth-order valence-corrected chi connectivity index (χ4v) is 2.07. The molecule has 0 atom stereocenters. The van der Waals surface area contributed by atoms with E-state index in [0.717, 1.165) is 0 Å². The van der Waals surface area contributed by atoms with Gasteiger partial charge in [-0.05, 0) is 56.1 Å². The van der Waals surface area contributed by atoms with Gasteiger partial charge in [-0.3, -0.25) is 14.9 Å². The summed E-state index contributed by atoms with van der Waals surface area (Å²) < 4.78 is 0.971. The van der Waals surface area contributed by atoms with Crippen LogP contribution in [0.4, 0.5) is 11.4 Å². The van der Waals surface area contributed by atoms with E-state index in [-0.39, 0.29) is 11.3 Å². The Morgan fingerprint density at radius 2 is 2.00 bits per heavy atom. The molecule has 0 bridgehead atoms. The summed E-state index contributed by atoms with van der Waals surface area (Å²) in [6.45, 7) is 0. The number of benzene rings is 1. The summed E-state index contributed by atoms with van der Waals surface area (Å²) in [4.78, 5) is 26.2.